The molecular formula is C55H86O25. The van der Waals surface area contributed by atoms with E-state index in [-0.39, 0.29) is 28.4 Å². The smallest absolute Gasteiger partial charge is 0.335 e. The lowest BCUT2D eigenvalue weighted by Crippen LogP contribution is -2.69. The number of carboxylic acids is 1. The van der Waals surface area contributed by atoms with E-state index in [1.54, 1.807) is 0 Å². The Morgan fingerprint density at radius 2 is 1.12 bits per heavy atom. The zero-order valence-electron chi connectivity index (χ0n) is 46.6. The van der Waals surface area contributed by atoms with Crippen LogP contribution in [-0.4, -0.2) is 238 Å². The summed E-state index contributed by atoms with van der Waals surface area (Å²) in [6.45, 7) is 13.9. The van der Waals surface area contributed by atoms with Crippen molar-refractivity contribution in [3.63, 3.8) is 0 Å². The van der Waals surface area contributed by atoms with Gasteiger partial charge in [0.1, 0.15) is 103 Å². The molecule has 25 nitrogen and oxygen atoms in total. The number of Topliss-reactive ketones (excluding diaryl/α,β-unsaturated/α-hetero) is 1. The summed E-state index contributed by atoms with van der Waals surface area (Å²) in [4.78, 5) is 40.9. The summed E-state index contributed by atoms with van der Waals surface area (Å²) in [6, 6.07) is 0. The first kappa shape index (κ1) is 62.1. The number of ether oxygens (including phenoxy) is 9. The van der Waals surface area contributed by atoms with E-state index in [1.165, 1.54) is 6.92 Å². The van der Waals surface area contributed by atoms with Crippen molar-refractivity contribution >= 4 is 17.7 Å². The second kappa shape index (κ2) is 22.4. The Labute approximate surface area is 464 Å². The summed E-state index contributed by atoms with van der Waals surface area (Å²) < 4.78 is 54.1. The summed E-state index contributed by atoms with van der Waals surface area (Å²) in [7, 11) is 0. The molecule has 8 fully saturated rings. The topological polar surface area (TPSA) is 397 Å². The Morgan fingerprint density at radius 1 is 0.588 bits per heavy atom. The molecule has 25 heteroatoms. The van der Waals surface area contributed by atoms with E-state index in [2.05, 4.69) is 40.7 Å². The second-order valence-corrected chi connectivity index (χ2v) is 26.5. The maximum atomic E-state index is 14.6. The van der Waals surface area contributed by atoms with Gasteiger partial charge in [0, 0.05) is 18.8 Å². The van der Waals surface area contributed by atoms with Gasteiger partial charge in [-0.05, 0) is 90.4 Å². The lowest BCUT2D eigenvalue weighted by molar-refractivity contribution is -0.396. The number of ketones is 1. The van der Waals surface area contributed by atoms with Gasteiger partial charge in [-0.3, -0.25) is 9.59 Å². The number of hydrogen-bond donors (Lipinski definition) is 13. The maximum Gasteiger partial charge on any atom is 0.335 e. The average Bonchev–Trinajstić information content (AvgIpc) is 3.48. The summed E-state index contributed by atoms with van der Waals surface area (Å²) in [6.07, 6.45) is -31.4. The molecule has 0 radical (unpaired) electrons. The predicted octanol–water partition coefficient (Wildman–Crippen LogP) is -1.97. The molecule has 13 N–H and O–H groups in total. The molecule has 0 aromatic rings. The molecule has 0 aromatic heterocycles. The molecule has 0 aromatic carbocycles. The van der Waals surface area contributed by atoms with E-state index >= 15 is 0 Å². The van der Waals surface area contributed by atoms with Gasteiger partial charge in [-0.25, -0.2) is 4.79 Å². The molecule has 9 rings (SSSR count). The monoisotopic (exact) mass is 1150 g/mol. The molecule has 0 bridgehead atoms. The van der Waals surface area contributed by atoms with Gasteiger partial charge in [-0.15, -0.1) is 0 Å². The average molecular weight is 1150 g/mol. The molecule has 80 heavy (non-hydrogen) atoms. The van der Waals surface area contributed by atoms with Crippen molar-refractivity contribution in [3.8, 4) is 0 Å². The van der Waals surface area contributed by atoms with Crippen LogP contribution in [0.4, 0.5) is 0 Å². The van der Waals surface area contributed by atoms with Gasteiger partial charge in [0.2, 0.25) is 0 Å². The first-order valence-corrected chi connectivity index (χ1v) is 28.2. The maximum absolute atomic E-state index is 14.6. The molecule has 28 atom stereocenters. The van der Waals surface area contributed by atoms with E-state index in [0.717, 1.165) is 12.0 Å². The van der Waals surface area contributed by atoms with Gasteiger partial charge >= 0.3 is 11.9 Å². The molecule has 0 unspecified atom stereocenters. The molecule has 0 amide bonds. The number of rotatable bonds is 13. The van der Waals surface area contributed by atoms with Crippen LogP contribution in [0, 0.1) is 44.8 Å². The summed E-state index contributed by atoms with van der Waals surface area (Å²) in [5.41, 5.74) is -2.39. The van der Waals surface area contributed by atoms with Crippen molar-refractivity contribution in [2.75, 3.05) is 19.8 Å². The number of hydrogen-bond acceptors (Lipinski definition) is 24. The number of allylic oxidation sites excluding steroid dienone is 1. The normalized spacial score (nSPS) is 51.9. The van der Waals surface area contributed by atoms with Crippen molar-refractivity contribution in [3.05, 3.63) is 11.6 Å². The molecule has 9 aliphatic rings. The molecule has 4 aliphatic heterocycles. The minimum absolute atomic E-state index is 0.0400. The highest BCUT2D eigenvalue weighted by atomic mass is 16.8. The Hall–Kier alpha value is -2.45. The first-order chi connectivity index (χ1) is 37.4. The van der Waals surface area contributed by atoms with Crippen LogP contribution in [-0.2, 0) is 57.0 Å². The molecule has 4 saturated heterocycles. The first-order valence-electron chi connectivity index (χ1n) is 28.2. The minimum Gasteiger partial charge on any atom is -0.479 e. The largest absolute Gasteiger partial charge is 0.479 e. The Balaban J connectivity index is 0.989. The third kappa shape index (κ3) is 10.1. The van der Waals surface area contributed by atoms with Gasteiger partial charge in [-0.2, -0.15) is 0 Å². The fourth-order valence-corrected chi connectivity index (χ4v) is 16.7. The van der Waals surface area contributed by atoms with Crippen LogP contribution >= 0.6 is 0 Å². The van der Waals surface area contributed by atoms with Crippen molar-refractivity contribution in [1.29, 1.82) is 0 Å². The Kier molecular flexibility index (Phi) is 17.4. The Morgan fingerprint density at radius 3 is 1.68 bits per heavy atom. The molecule has 4 saturated carbocycles. The van der Waals surface area contributed by atoms with E-state index in [1.807, 2.05) is 13.8 Å². The van der Waals surface area contributed by atoms with E-state index < -0.39 is 188 Å². The van der Waals surface area contributed by atoms with E-state index in [9.17, 15) is 80.8 Å². The molecular weight excluding hydrogens is 1060 g/mol. The second-order valence-electron chi connectivity index (χ2n) is 26.5. The molecule has 5 aliphatic carbocycles. The molecule has 0 spiro atoms. The van der Waals surface area contributed by atoms with Crippen LogP contribution in [0.3, 0.4) is 0 Å². The number of carbonyl (C=O) groups excluding carboxylic acids is 2. The van der Waals surface area contributed by atoms with Gasteiger partial charge < -0.3 is 109 Å². The summed E-state index contributed by atoms with van der Waals surface area (Å²) in [5.74, 6) is -2.49. The van der Waals surface area contributed by atoms with Crippen LogP contribution in [0.25, 0.3) is 0 Å². The fourth-order valence-electron chi connectivity index (χ4n) is 16.7. The van der Waals surface area contributed by atoms with Crippen molar-refractivity contribution in [1.82, 2.24) is 0 Å². The van der Waals surface area contributed by atoms with Crippen LogP contribution < -0.4 is 0 Å². The zero-order chi connectivity index (χ0) is 58.7. The molecule has 456 valence electrons. The number of aliphatic carboxylic acids is 1. The van der Waals surface area contributed by atoms with Crippen molar-refractivity contribution < 1.29 is 123 Å². The zero-order valence-corrected chi connectivity index (χ0v) is 46.6. The fraction of sp³-hybridized carbons (Fsp3) is 0.909. The number of aliphatic hydroxyl groups excluding tert-OH is 12. The minimum atomic E-state index is -2.19. The van der Waals surface area contributed by atoms with Crippen molar-refractivity contribution in [2.24, 2.45) is 44.8 Å². The summed E-state index contributed by atoms with van der Waals surface area (Å²) >= 11 is 0. The number of esters is 1. The van der Waals surface area contributed by atoms with Gasteiger partial charge in [0.05, 0.1) is 31.8 Å². The van der Waals surface area contributed by atoms with Crippen molar-refractivity contribution in [2.45, 2.75) is 248 Å². The summed E-state index contributed by atoms with van der Waals surface area (Å²) in [5, 5.41) is 140. The number of aliphatic hydroxyl groups is 12. The van der Waals surface area contributed by atoms with E-state index in [4.69, 9.17) is 42.6 Å². The highest BCUT2D eigenvalue weighted by molar-refractivity contribution is 5.87. The predicted molar refractivity (Wildman–Crippen MR) is 269 cm³/mol. The molecule has 4 heterocycles. The van der Waals surface area contributed by atoms with Gasteiger partial charge in [0.15, 0.2) is 31.3 Å². The number of carbonyl (C=O) groups is 3. The quantitative estimate of drug-likeness (QED) is 0.0541. The van der Waals surface area contributed by atoms with Gasteiger partial charge in [0.25, 0.3) is 0 Å². The highest BCUT2D eigenvalue weighted by Crippen LogP contribution is 2.75. The lowest BCUT2D eigenvalue weighted by atomic mass is 9.34. The lowest BCUT2D eigenvalue weighted by Gasteiger charge is -2.71. The number of carboxylic acid groups (broad SMARTS) is 1. The van der Waals surface area contributed by atoms with E-state index in [0.29, 0.717) is 51.4 Å². The number of fused-ring (bicyclic) bond motifs is 7. The van der Waals surface area contributed by atoms with Crippen LogP contribution in [0.5, 0.6) is 0 Å². The SMILES string of the molecule is CC(=O)O[C@@]12CC(C)(C)CC[C@@H]1C(=O)C[C@]1(C)C2=CC[C@@H]2[C@@]3(C)CC[C@H](O[C@H]4O[C@H](C(=O)O)[C@@H](O[C@H]5O[C@H](CO)[C@@H](O[C@H]6O[C@H](CO)[C@H](O)[C@H](O)[C@H]6O)[C@H](O)[C@H]5O)[C@H](O)[C@H]4O[C@@H]4O[C@H](CO)[C@H](O)[C@H](O)[C@H]4O)C(C)(C)[C@@H]3CC[C@]21C. The highest BCUT2D eigenvalue weighted by Gasteiger charge is 2.72. The van der Waals surface area contributed by atoms with Crippen LogP contribution in [0.2, 0.25) is 0 Å². The van der Waals surface area contributed by atoms with Gasteiger partial charge in [-0.1, -0.05) is 54.5 Å². The van der Waals surface area contributed by atoms with Crippen LogP contribution in [0.15, 0.2) is 11.6 Å². The Bertz CT molecular complexity index is 2300. The third-order valence-corrected chi connectivity index (χ3v) is 21.0. The standard InChI is InChI=1S/C55H86O25/c1-22(59)80-55-21-50(2,3)14-11-23(55)24(60)17-54(8)30(55)10-9-29-52(6)15-13-31(51(4,5)28(52)12-16-53(29,54)7)75-49-43(78-47-38(67)35(64)33(62)26(19-57)73-47)40(69)42(44(79-49)45(70)71)77-48-39(68)36(65)41(27(20-58)74-48)76-46-37(66)34(63)32(61)25(18-56)72-46/h10,23,25-29,31-44,46-49,56-58,61-69H,9,11-21H2,1-8H3,(H,70,71)/t23-,25-,26-,27-,28+,29-,31+,32+,33+,34+,35+,36-,37-,38-,39-,40+,41-,42+,43-,44+,46-,47+,48-,49+,52+,53-,54-,55+/m1/s1. The van der Waals surface area contributed by atoms with Crippen LogP contribution in [0.1, 0.15) is 113 Å². The third-order valence-electron chi connectivity index (χ3n) is 21.0.